The van der Waals surface area contributed by atoms with Crippen molar-refractivity contribution in [3.8, 4) is 0 Å². The first kappa shape index (κ1) is 9.56. The Balaban J connectivity index is 2.75. The zero-order valence-corrected chi connectivity index (χ0v) is 8.80. The number of hydrogen-bond acceptors (Lipinski definition) is 2. The van der Waals surface area contributed by atoms with Crippen LogP contribution in [0.4, 0.5) is 0 Å². The third-order valence-corrected chi connectivity index (χ3v) is 2.59. The molecule has 0 bridgehead atoms. The molecule has 0 fully saturated rings. The van der Waals surface area contributed by atoms with Gasteiger partial charge in [0.25, 0.3) is 0 Å². The van der Waals surface area contributed by atoms with Gasteiger partial charge in [0.15, 0.2) is 0 Å². The average Bonchev–Trinajstić information content (AvgIpc) is 2.57. The topological polar surface area (TPSA) is 33.4 Å². The van der Waals surface area contributed by atoms with Crippen LogP contribution in [0.3, 0.4) is 0 Å². The Labute approximate surface area is 87.1 Å². The van der Waals surface area contributed by atoms with Crippen LogP contribution in [-0.2, 0) is 0 Å². The van der Waals surface area contributed by atoms with Crippen LogP contribution < -0.4 is 0 Å². The lowest BCUT2D eigenvalue weighted by atomic mass is 10.1. The first-order valence-electron chi connectivity index (χ1n) is 4.46. The van der Waals surface area contributed by atoms with E-state index in [2.05, 4.69) is 0 Å². The van der Waals surface area contributed by atoms with E-state index in [-0.39, 0.29) is 0 Å². The molecule has 0 aliphatic heterocycles. The number of fused-ring (bicyclic) bond motifs is 1. The van der Waals surface area contributed by atoms with Gasteiger partial charge in [-0.25, -0.2) is 0 Å². The Morgan fingerprint density at radius 3 is 2.71 bits per heavy atom. The second-order valence-electron chi connectivity index (χ2n) is 3.43. The van der Waals surface area contributed by atoms with E-state index in [1.54, 1.807) is 13.0 Å². The molecule has 1 N–H and O–H groups in total. The van der Waals surface area contributed by atoms with E-state index in [0.717, 1.165) is 16.5 Å². The van der Waals surface area contributed by atoms with Crippen LogP contribution in [0.2, 0.25) is 5.02 Å². The fourth-order valence-corrected chi connectivity index (χ4v) is 1.65. The maximum absolute atomic E-state index is 9.37. The molecule has 3 heteroatoms. The Morgan fingerprint density at radius 2 is 2.14 bits per heavy atom. The number of halogens is 1. The van der Waals surface area contributed by atoms with Crippen molar-refractivity contribution in [1.82, 2.24) is 0 Å². The summed E-state index contributed by atoms with van der Waals surface area (Å²) in [6.07, 6.45) is -0.599. The molecule has 0 aliphatic rings. The van der Waals surface area contributed by atoms with Gasteiger partial charge in [-0.2, -0.15) is 0 Å². The highest BCUT2D eigenvalue weighted by Crippen LogP contribution is 2.31. The summed E-state index contributed by atoms with van der Waals surface area (Å²) in [6, 6.07) is 5.52. The first-order chi connectivity index (χ1) is 6.59. The maximum Gasteiger partial charge on any atom is 0.138 e. The number of aliphatic hydroxyl groups is 1. The Morgan fingerprint density at radius 1 is 1.43 bits per heavy atom. The predicted octanol–water partition coefficient (Wildman–Crippen LogP) is 3.45. The molecule has 0 radical (unpaired) electrons. The van der Waals surface area contributed by atoms with Crippen molar-refractivity contribution in [2.24, 2.45) is 0 Å². The van der Waals surface area contributed by atoms with E-state index in [1.165, 1.54) is 0 Å². The standard InChI is InChI=1S/C11H11ClO2/c1-6-3-4-9(12)8-5-10(7(2)13)14-11(6)8/h3-5,7,13H,1-2H3. The monoisotopic (exact) mass is 210 g/mol. The highest BCUT2D eigenvalue weighted by atomic mass is 35.5. The molecule has 1 unspecified atom stereocenters. The van der Waals surface area contributed by atoms with Gasteiger partial charge < -0.3 is 9.52 Å². The van der Waals surface area contributed by atoms with Gasteiger partial charge in [-0.1, -0.05) is 17.7 Å². The summed E-state index contributed by atoms with van der Waals surface area (Å²) >= 11 is 6.01. The van der Waals surface area contributed by atoms with Crippen LogP contribution >= 0.6 is 11.6 Å². The number of benzene rings is 1. The van der Waals surface area contributed by atoms with E-state index in [9.17, 15) is 5.11 Å². The normalized spacial score (nSPS) is 13.4. The Bertz CT molecular complexity index is 432. The van der Waals surface area contributed by atoms with Gasteiger partial charge in [0.2, 0.25) is 0 Å². The molecule has 14 heavy (non-hydrogen) atoms. The molecule has 0 spiro atoms. The van der Waals surface area contributed by atoms with Crippen LogP contribution in [0, 0.1) is 6.92 Å². The van der Waals surface area contributed by atoms with Crippen LogP contribution in [0.1, 0.15) is 24.4 Å². The molecule has 0 amide bonds. The zero-order chi connectivity index (χ0) is 10.3. The largest absolute Gasteiger partial charge is 0.458 e. The van der Waals surface area contributed by atoms with Crippen LogP contribution in [0.25, 0.3) is 11.0 Å². The van der Waals surface area contributed by atoms with E-state index in [4.69, 9.17) is 16.0 Å². The van der Waals surface area contributed by atoms with Crippen LogP contribution in [-0.4, -0.2) is 5.11 Å². The molecule has 1 aromatic heterocycles. The first-order valence-corrected chi connectivity index (χ1v) is 4.84. The third-order valence-electron chi connectivity index (χ3n) is 2.26. The summed E-state index contributed by atoms with van der Waals surface area (Å²) in [6.45, 7) is 3.62. The molecule has 1 aromatic carbocycles. The third kappa shape index (κ3) is 1.41. The molecule has 0 aliphatic carbocycles. The number of aryl methyl sites for hydroxylation is 1. The summed E-state index contributed by atoms with van der Waals surface area (Å²) in [5, 5.41) is 10.9. The summed E-state index contributed by atoms with van der Waals surface area (Å²) in [5.74, 6) is 0.552. The summed E-state index contributed by atoms with van der Waals surface area (Å²) in [7, 11) is 0. The summed E-state index contributed by atoms with van der Waals surface area (Å²) < 4.78 is 5.51. The lowest BCUT2D eigenvalue weighted by molar-refractivity contribution is 0.172. The van der Waals surface area contributed by atoms with E-state index in [1.807, 2.05) is 19.1 Å². The molecule has 2 aromatic rings. The number of rotatable bonds is 1. The summed E-state index contributed by atoms with van der Waals surface area (Å²) in [4.78, 5) is 0. The van der Waals surface area contributed by atoms with Crippen molar-refractivity contribution in [1.29, 1.82) is 0 Å². The van der Waals surface area contributed by atoms with E-state index in [0.29, 0.717) is 10.8 Å². The molecule has 74 valence electrons. The van der Waals surface area contributed by atoms with Crippen molar-refractivity contribution >= 4 is 22.6 Å². The van der Waals surface area contributed by atoms with Gasteiger partial charge in [-0.3, -0.25) is 0 Å². The molecule has 2 nitrogen and oxygen atoms in total. The van der Waals surface area contributed by atoms with Crippen molar-refractivity contribution in [3.63, 3.8) is 0 Å². The zero-order valence-electron chi connectivity index (χ0n) is 8.04. The minimum atomic E-state index is -0.599. The quantitative estimate of drug-likeness (QED) is 0.782. The van der Waals surface area contributed by atoms with Gasteiger partial charge in [-0.15, -0.1) is 0 Å². The van der Waals surface area contributed by atoms with Crippen LogP contribution in [0.15, 0.2) is 22.6 Å². The lowest BCUT2D eigenvalue weighted by Gasteiger charge is -1.97. The number of aliphatic hydroxyl groups excluding tert-OH is 1. The highest BCUT2D eigenvalue weighted by molar-refractivity contribution is 6.35. The molecular weight excluding hydrogens is 200 g/mol. The SMILES string of the molecule is Cc1ccc(Cl)c2cc(C(C)O)oc12. The summed E-state index contributed by atoms with van der Waals surface area (Å²) in [5.41, 5.74) is 1.78. The second-order valence-corrected chi connectivity index (χ2v) is 3.84. The smallest absolute Gasteiger partial charge is 0.138 e. The fraction of sp³-hybridized carbons (Fsp3) is 0.273. The van der Waals surface area contributed by atoms with Gasteiger partial charge >= 0.3 is 0 Å². The fourth-order valence-electron chi connectivity index (χ4n) is 1.45. The van der Waals surface area contributed by atoms with Crippen LogP contribution in [0.5, 0.6) is 0 Å². The molecular formula is C11H11ClO2. The van der Waals surface area contributed by atoms with Gasteiger partial charge in [0.05, 0.1) is 5.02 Å². The minimum Gasteiger partial charge on any atom is -0.458 e. The second kappa shape index (κ2) is 3.30. The number of furan rings is 1. The number of hydrogen-bond donors (Lipinski definition) is 1. The lowest BCUT2D eigenvalue weighted by Crippen LogP contribution is -1.85. The van der Waals surface area contributed by atoms with Gasteiger partial charge in [0, 0.05) is 5.39 Å². The molecule has 0 saturated heterocycles. The van der Waals surface area contributed by atoms with Crippen molar-refractivity contribution < 1.29 is 9.52 Å². The minimum absolute atomic E-state index is 0.552. The van der Waals surface area contributed by atoms with Gasteiger partial charge in [-0.05, 0) is 31.5 Å². The maximum atomic E-state index is 9.37. The van der Waals surface area contributed by atoms with Crippen molar-refractivity contribution in [2.45, 2.75) is 20.0 Å². The highest BCUT2D eigenvalue weighted by Gasteiger charge is 2.12. The molecule has 2 rings (SSSR count). The molecule has 1 heterocycles. The Hall–Kier alpha value is -0.990. The average molecular weight is 211 g/mol. The van der Waals surface area contributed by atoms with Gasteiger partial charge in [0.1, 0.15) is 17.4 Å². The van der Waals surface area contributed by atoms with E-state index >= 15 is 0 Å². The van der Waals surface area contributed by atoms with Crippen molar-refractivity contribution in [3.05, 3.63) is 34.5 Å². The molecule has 0 saturated carbocycles. The predicted molar refractivity (Wildman–Crippen MR) is 56.6 cm³/mol. The van der Waals surface area contributed by atoms with E-state index < -0.39 is 6.10 Å². The Kier molecular flexibility index (Phi) is 2.25. The van der Waals surface area contributed by atoms with Crippen molar-refractivity contribution in [2.75, 3.05) is 0 Å². The molecule has 1 atom stereocenters.